The summed E-state index contributed by atoms with van der Waals surface area (Å²) in [6, 6.07) is 46.3. The monoisotopic (exact) mass is 1580 g/mol. The molecule has 2 aromatic carbocycles. The highest BCUT2D eigenvalue weighted by atomic mass is 32.1. The molecule has 12 aromatic rings. The Balaban J connectivity index is 0.803. The van der Waals surface area contributed by atoms with Crippen molar-refractivity contribution in [1.29, 1.82) is 21.0 Å². The number of rotatable bonds is 36. The number of aryl methyl sites for hydroxylation is 6. The van der Waals surface area contributed by atoms with Crippen molar-refractivity contribution in [2.75, 3.05) is 0 Å². The number of aromatic nitrogens is 4. The molecule has 10 heterocycles. The Morgan fingerprint density at radius 3 is 1.23 bits per heavy atom. The lowest BCUT2D eigenvalue weighted by Gasteiger charge is -2.08. The van der Waals surface area contributed by atoms with Crippen molar-refractivity contribution >= 4 is 136 Å². The summed E-state index contributed by atoms with van der Waals surface area (Å²) in [5.41, 5.74) is 15.5. The fourth-order valence-corrected chi connectivity index (χ4v) is 23.7. The molecule has 10 aromatic heterocycles. The summed E-state index contributed by atoms with van der Waals surface area (Å²) < 4.78 is 4.81. The first kappa shape index (κ1) is 79.2. The molecule has 14 rings (SSSR count). The summed E-state index contributed by atoms with van der Waals surface area (Å²) in [5.74, 6) is -0.317. The van der Waals surface area contributed by atoms with Crippen molar-refractivity contribution in [3.05, 3.63) is 198 Å². The maximum Gasteiger partial charge on any atom is 0.194 e. The zero-order chi connectivity index (χ0) is 77.8. The molecule has 16 heteroatoms. The van der Waals surface area contributed by atoms with Crippen LogP contribution in [0.1, 0.15) is 246 Å². The molecule has 568 valence electrons. The molecular weight excluding hydrogens is 1490 g/mol. The molecule has 0 aliphatic heterocycles. The molecule has 0 radical (unpaired) electrons. The third kappa shape index (κ3) is 16.7. The summed E-state index contributed by atoms with van der Waals surface area (Å²) in [4.78, 5) is 53.2. The number of carbonyl (C=O) groups excluding carboxylic acids is 2. The fraction of sp³-hybridized carbons (Fsp3) is 0.354. The van der Waals surface area contributed by atoms with E-state index >= 15 is 0 Å². The SMILES string of the molecule is CCCCCCCCc1cc(/C=C2\C(=O)c3ccccc3C2=C(C#N)C#N)sc1-c1ccc(-c2sc(-c3cnc4c(c3)c3c(c5cc(-c6cc(CCCCCCCC)c(-c7ccc(-c8sc(/C=C9/C(=O)c%10ccccc%10C9=C(C#N)C#N)cc8CCCCCCCC)s7)s6)cnc5n3C)n4CCCCCCCC)cc2C)s1. The van der Waals surface area contributed by atoms with E-state index in [4.69, 9.17) is 9.97 Å². The predicted molar refractivity (Wildman–Crippen MR) is 475 cm³/mol. The molecule has 0 bridgehead atoms. The summed E-state index contributed by atoms with van der Waals surface area (Å²) in [5, 5.41) is 42.9. The number of nitrogens with zero attached hydrogens (tertiary/aromatic N) is 8. The molecule has 2 aliphatic rings. The largest absolute Gasteiger partial charge is 0.326 e. The van der Waals surface area contributed by atoms with E-state index in [0.717, 1.165) is 119 Å². The van der Waals surface area contributed by atoms with Gasteiger partial charge in [0.25, 0.3) is 0 Å². The van der Waals surface area contributed by atoms with E-state index in [1.165, 1.54) is 186 Å². The number of ketones is 2. The number of nitriles is 4. The number of pyridine rings is 2. The zero-order valence-corrected chi connectivity index (χ0v) is 70.2. The minimum atomic E-state index is -0.161. The second-order valence-electron chi connectivity index (χ2n) is 30.2. The van der Waals surface area contributed by atoms with Gasteiger partial charge in [0, 0.05) is 140 Å². The Morgan fingerprint density at radius 1 is 0.402 bits per heavy atom. The van der Waals surface area contributed by atoms with E-state index in [2.05, 4.69) is 148 Å². The standard InChI is InChI=1S/C96H96N8O2S6/c1-7-11-15-19-23-27-35-62-48-69(53-75-85(67(55-97)56-98)71-38-30-32-40-73(71)89(75)105)107-92(62)80-43-42-79(109-80)91-61(5)47-83(111-91)65-50-77-87-88(104(96(77)102-60-65)46-34-26-22-18-14-10-4)78-51-66(59-101-95(78)103(87)6)84-52-64(37-29-25-21-17-13-9-3)94(112-84)82-45-44-81(110-82)93-63(36-28-24-20-16-12-8-2)49-70(108-93)54-76-86(68(57-99)58-100)72-39-31-33-41-74(72)90(76)106/h30-33,38-45,47-54,59-60H,7-29,34-37,46H2,1-6H3/b75-53-,76-54+. The van der Waals surface area contributed by atoms with E-state index in [1.807, 2.05) is 93.9 Å². The average Bonchev–Trinajstić information content (AvgIpc) is 1.55. The van der Waals surface area contributed by atoms with Crippen molar-refractivity contribution in [3.8, 4) is 84.2 Å². The third-order valence-corrected chi connectivity index (χ3v) is 29.9. The maximum atomic E-state index is 14.2. The Morgan fingerprint density at radius 2 is 0.777 bits per heavy atom. The smallest absolute Gasteiger partial charge is 0.194 e. The highest BCUT2D eigenvalue weighted by molar-refractivity contribution is 7.28. The third-order valence-electron chi connectivity index (χ3n) is 22.3. The average molecular weight is 1590 g/mol. The summed E-state index contributed by atoms with van der Waals surface area (Å²) in [6.45, 7) is 12.2. The van der Waals surface area contributed by atoms with Crippen molar-refractivity contribution in [3.63, 3.8) is 0 Å². The van der Waals surface area contributed by atoms with Crippen LogP contribution in [0.2, 0.25) is 0 Å². The molecule has 0 spiro atoms. The molecule has 10 nitrogen and oxygen atoms in total. The Kier molecular flexibility index (Phi) is 26.2. The molecule has 0 fully saturated rings. The Bertz CT molecular complexity index is 5790. The number of hydrogen-bond donors (Lipinski definition) is 0. The van der Waals surface area contributed by atoms with Crippen molar-refractivity contribution in [2.45, 2.75) is 215 Å². The molecule has 0 N–H and O–H groups in total. The van der Waals surface area contributed by atoms with Gasteiger partial charge in [0.1, 0.15) is 46.7 Å². The highest BCUT2D eigenvalue weighted by Crippen LogP contribution is 2.51. The number of unbranched alkanes of at least 4 members (excludes halogenated alkanes) is 20. The van der Waals surface area contributed by atoms with Crippen LogP contribution in [0, 0.1) is 52.2 Å². The Labute approximate surface area is 684 Å². The van der Waals surface area contributed by atoms with Gasteiger partial charge in [0.05, 0.1) is 11.0 Å². The molecule has 0 amide bonds. The fourth-order valence-electron chi connectivity index (χ4n) is 16.5. The maximum absolute atomic E-state index is 14.2. The Hall–Kier alpha value is -9.46. The van der Waals surface area contributed by atoms with Gasteiger partial charge < -0.3 is 9.13 Å². The summed E-state index contributed by atoms with van der Waals surface area (Å²) in [6.07, 6.45) is 39.6. The van der Waals surface area contributed by atoms with Crippen molar-refractivity contribution in [2.24, 2.45) is 7.05 Å². The van der Waals surface area contributed by atoms with Crippen LogP contribution in [0.25, 0.3) is 116 Å². The van der Waals surface area contributed by atoms with Gasteiger partial charge in [-0.25, -0.2) is 9.97 Å². The van der Waals surface area contributed by atoms with Gasteiger partial charge in [-0.05, 0) is 158 Å². The summed E-state index contributed by atoms with van der Waals surface area (Å²) >= 11 is 10.8. The van der Waals surface area contributed by atoms with E-state index in [-0.39, 0.29) is 22.7 Å². The highest BCUT2D eigenvalue weighted by Gasteiger charge is 2.35. The van der Waals surface area contributed by atoms with Crippen LogP contribution in [-0.2, 0) is 32.9 Å². The number of thiophene rings is 6. The van der Waals surface area contributed by atoms with E-state index in [1.54, 1.807) is 34.8 Å². The van der Waals surface area contributed by atoms with Crippen LogP contribution in [0.5, 0.6) is 0 Å². The van der Waals surface area contributed by atoms with Gasteiger partial charge in [-0.3, -0.25) is 9.59 Å². The molecule has 0 saturated carbocycles. The molecular formula is C96H96N8O2S6. The number of allylic oxidation sites excluding steroid dienone is 6. The number of hydrogen-bond acceptors (Lipinski definition) is 14. The topological polar surface area (TPSA) is 165 Å². The van der Waals surface area contributed by atoms with Crippen LogP contribution in [-0.4, -0.2) is 30.7 Å². The lowest BCUT2D eigenvalue weighted by atomic mass is 9.99. The molecule has 0 saturated heterocycles. The van der Waals surface area contributed by atoms with Crippen LogP contribution >= 0.6 is 68.0 Å². The van der Waals surface area contributed by atoms with E-state index in [9.17, 15) is 30.6 Å². The van der Waals surface area contributed by atoms with Gasteiger partial charge in [-0.1, -0.05) is 205 Å². The first-order chi connectivity index (χ1) is 54.9. The second-order valence-corrected chi connectivity index (χ2v) is 36.6. The number of fused-ring (bicyclic) bond motifs is 7. The van der Waals surface area contributed by atoms with Crippen molar-refractivity contribution in [1.82, 2.24) is 19.1 Å². The van der Waals surface area contributed by atoms with Crippen LogP contribution in [0.15, 0.2) is 144 Å². The van der Waals surface area contributed by atoms with Gasteiger partial charge >= 0.3 is 0 Å². The number of carbonyl (C=O) groups is 2. The molecule has 2 aliphatic carbocycles. The number of Topliss-reactive ketones (excluding diaryl/α,β-unsaturated/α-hetero) is 2. The predicted octanol–water partition coefficient (Wildman–Crippen LogP) is 29.0. The van der Waals surface area contributed by atoms with Gasteiger partial charge in [0.15, 0.2) is 11.6 Å². The van der Waals surface area contributed by atoms with Gasteiger partial charge in [-0.2, -0.15) is 21.0 Å². The minimum absolute atomic E-state index is 0.0478. The molecule has 0 atom stereocenters. The summed E-state index contributed by atoms with van der Waals surface area (Å²) in [7, 11) is 2.18. The van der Waals surface area contributed by atoms with Crippen LogP contribution in [0.4, 0.5) is 0 Å². The number of benzene rings is 2. The first-order valence-corrected chi connectivity index (χ1v) is 45.6. The quantitative estimate of drug-likeness (QED) is 0.0213. The normalized spacial score (nSPS) is 13.4. The molecule has 0 unspecified atom stereocenters. The second kappa shape index (κ2) is 37.0. The van der Waals surface area contributed by atoms with E-state index in [0.29, 0.717) is 44.5 Å². The van der Waals surface area contributed by atoms with Crippen molar-refractivity contribution < 1.29 is 9.59 Å². The van der Waals surface area contributed by atoms with Gasteiger partial charge in [0.2, 0.25) is 0 Å². The zero-order valence-electron chi connectivity index (χ0n) is 65.3. The minimum Gasteiger partial charge on any atom is -0.326 e. The first-order valence-electron chi connectivity index (χ1n) is 40.7. The van der Waals surface area contributed by atoms with Crippen LogP contribution in [0.3, 0.4) is 0 Å². The van der Waals surface area contributed by atoms with Gasteiger partial charge in [-0.15, -0.1) is 68.0 Å². The van der Waals surface area contributed by atoms with Crippen LogP contribution < -0.4 is 0 Å². The lowest BCUT2D eigenvalue weighted by molar-refractivity contribution is 0.103. The lowest BCUT2D eigenvalue weighted by Crippen LogP contribution is -1.99. The van der Waals surface area contributed by atoms with E-state index < -0.39 is 0 Å². The molecule has 112 heavy (non-hydrogen) atoms.